The van der Waals surface area contributed by atoms with Crippen LogP contribution in [0.5, 0.6) is 0 Å². The first kappa shape index (κ1) is 31.2. The lowest BCUT2D eigenvalue weighted by atomic mass is 9.99. The summed E-state index contributed by atoms with van der Waals surface area (Å²) in [5.74, 6) is 0.645. The fourth-order valence-electron chi connectivity index (χ4n) is 4.85. The minimum Gasteiger partial charge on any atom is -0.390 e. The highest BCUT2D eigenvalue weighted by Gasteiger charge is 2.28. The van der Waals surface area contributed by atoms with Crippen LogP contribution in [0.2, 0.25) is 0 Å². The molecule has 3 atom stereocenters. The Hall–Kier alpha value is -2.30. The number of nitrogens with one attached hydrogen (secondary N) is 3. The first-order chi connectivity index (χ1) is 18.6. The van der Waals surface area contributed by atoms with Crippen LogP contribution in [0, 0.1) is 5.92 Å². The van der Waals surface area contributed by atoms with Crippen LogP contribution in [-0.2, 0) is 6.42 Å². The summed E-state index contributed by atoms with van der Waals surface area (Å²) < 4.78 is 23.0. The van der Waals surface area contributed by atoms with Gasteiger partial charge < -0.3 is 21.1 Å². The second kappa shape index (κ2) is 14.9. The number of hydrogen-bond acceptors (Lipinski definition) is 7. The Morgan fingerprint density at radius 1 is 1.05 bits per heavy atom. The molecular formula is C30H48N4O4S. The van der Waals surface area contributed by atoms with Crippen molar-refractivity contribution in [2.45, 2.75) is 78.0 Å². The van der Waals surface area contributed by atoms with Gasteiger partial charge in [0.05, 0.1) is 23.6 Å². The third-order valence-corrected chi connectivity index (χ3v) is 9.10. The Kier molecular flexibility index (Phi) is 11.9. The SMILES string of the molecule is CCNc1cc(C(=O)NC(Cc2ccccc2)C(O)CNC(C)CCC(C)C)cc(N2CCCCS2(O)O)c1. The van der Waals surface area contributed by atoms with Gasteiger partial charge in [0.15, 0.2) is 0 Å². The predicted molar refractivity (Wildman–Crippen MR) is 164 cm³/mol. The maximum Gasteiger partial charge on any atom is 0.251 e. The Balaban J connectivity index is 1.80. The van der Waals surface area contributed by atoms with Gasteiger partial charge in [-0.3, -0.25) is 18.2 Å². The Morgan fingerprint density at radius 2 is 1.79 bits per heavy atom. The lowest BCUT2D eigenvalue weighted by Gasteiger charge is -2.47. The van der Waals surface area contributed by atoms with E-state index in [0.29, 0.717) is 49.0 Å². The van der Waals surface area contributed by atoms with Gasteiger partial charge in [0.2, 0.25) is 0 Å². The van der Waals surface area contributed by atoms with Crippen LogP contribution >= 0.6 is 10.8 Å². The van der Waals surface area contributed by atoms with Crippen molar-refractivity contribution in [2.75, 3.05) is 35.0 Å². The maximum absolute atomic E-state index is 13.6. The number of aliphatic hydroxyl groups excluding tert-OH is 1. The molecule has 1 aliphatic heterocycles. The molecule has 0 aromatic heterocycles. The number of amides is 1. The van der Waals surface area contributed by atoms with Crippen LogP contribution in [0.4, 0.5) is 11.4 Å². The second-order valence-electron chi connectivity index (χ2n) is 11.1. The van der Waals surface area contributed by atoms with Crippen molar-refractivity contribution in [2.24, 2.45) is 5.92 Å². The molecule has 0 bridgehead atoms. The summed E-state index contributed by atoms with van der Waals surface area (Å²) in [6.07, 6.45) is 3.46. The van der Waals surface area contributed by atoms with E-state index in [4.69, 9.17) is 0 Å². The molecule has 0 saturated carbocycles. The van der Waals surface area contributed by atoms with Crippen LogP contribution in [0.3, 0.4) is 0 Å². The number of carbonyl (C=O) groups excluding carboxylic acids is 1. The van der Waals surface area contributed by atoms with Gasteiger partial charge in [-0.05, 0) is 75.6 Å². The monoisotopic (exact) mass is 560 g/mol. The maximum atomic E-state index is 13.6. The van der Waals surface area contributed by atoms with E-state index in [9.17, 15) is 19.0 Å². The number of carbonyl (C=O) groups is 1. The first-order valence-electron chi connectivity index (χ1n) is 14.3. The van der Waals surface area contributed by atoms with Crippen molar-refractivity contribution in [1.82, 2.24) is 10.6 Å². The van der Waals surface area contributed by atoms with E-state index in [-0.39, 0.29) is 11.9 Å². The summed E-state index contributed by atoms with van der Waals surface area (Å²) in [4.78, 5) is 13.6. The van der Waals surface area contributed by atoms with Crippen molar-refractivity contribution in [1.29, 1.82) is 0 Å². The van der Waals surface area contributed by atoms with Crippen LogP contribution in [0.25, 0.3) is 0 Å². The van der Waals surface area contributed by atoms with Gasteiger partial charge >= 0.3 is 0 Å². The van der Waals surface area contributed by atoms with E-state index in [0.717, 1.165) is 36.9 Å². The minimum atomic E-state index is -2.93. The van der Waals surface area contributed by atoms with Crippen molar-refractivity contribution < 1.29 is 19.0 Å². The van der Waals surface area contributed by atoms with Gasteiger partial charge in [-0.25, -0.2) is 0 Å². The Labute approximate surface area is 236 Å². The fourth-order valence-corrected chi connectivity index (χ4v) is 6.53. The van der Waals surface area contributed by atoms with E-state index in [1.165, 1.54) is 0 Å². The zero-order valence-electron chi connectivity index (χ0n) is 23.9. The zero-order valence-corrected chi connectivity index (χ0v) is 24.7. The molecule has 1 heterocycles. The third kappa shape index (κ3) is 9.69. The highest BCUT2D eigenvalue weighted by molar-refractivity contribution is 8.25. The number of aliphatic hydroxyl groups is 1. The van der Waals surface area contributed by atoms with Crippen molar-refractivity contribution >= 4 is 28.1 Å². The van der Waals surface area contributed by atoms with E-state index < -0.39 is 22.9 Å². The molecule has 218 valence electrons. The average Bonchev–Trinajstić information content (AvgIpc) is 2.90. The molecule has 0 spiro atoms. The largest absolute Gasteiger partial charge is 0.390 e. The molecule has 1 fully saturated rings. The molecule has 3 unspecified atom stereocenters. The Morgan fingerprint density at radius 3 is 2.46 bits per heavy atom. The highest BCUT2D eigenvalue weighted by Crippen LogP contribution is 2.50. The van der Waals surface area contributed by atoms with Gasteiger partial charge in [-0.1, -0.05) is 44.2 Å². The van der Waals surface area contributed by atoms with Gasteiger partial charge in [0, 0.05) is 36.9 Å². The molecule has 9 heteroatoms. The normalized spacial score (nSPS) is 18.3. The highest BCUT2D eigenvalue weighted by atomic mass is 32.3. The molecule has 6 N–H and O–H groups in total. The second-order valence-corrected chi connectivity index (χ2v) is 13.2. The van der Waals surface area contributed by atoms with Crippen LogP contribution in [0.15, 0.2) is 48.5 Å². The summed E-state index contributed by atoms with van der Waals surface area (Å²) >= 11 is 0. The molecule has 39 heavy (non-hydrogen) atoms. The quantitative estimate of drug-likeness (QED) is 0.181. The van der Waals surface area contributed by atoms with Crippen LogP contribution < -0.4 is 20.3 Å². The smallest absolute Gasteiger partial charge is 0.251 e. The molecular weight excluding hydrogens is 512 g/mol. The first-order valence-corrected chi connectivity index (χ1v) is 15.9. The Bertz CT molecular complexity index is 1040. The number of anilines is 2. The summed E-state index contributed by atoms with van der Waals surface area (Å²) in [5, 5.41) is 21.0. The average molecular weight is 561 g/mol. The van der Waals surface area contributed by atoms with Crippen molar-refractivity contribution in [3.8, 4) is 0 Å². The molecule has 3 rings (SSSR count). The van der Waals surface area contributed by atoms with E-state index in [1.807, 2.05) is 43.3 Å². The molecule has 2 aromatic rings. The van der Waals surface area contributed by atoms with Crippen molar-refractivity contribution in [3.05, 3.63) is 59.7 Å². The topological polar surface area (TPSA) is 117 Å². The van der Waals surface area contributed by atoms with Gasteiger partial charge in [-0.15, -0.1) is 10.8 Å². The van der Waals surface area contributed by atoms with Gasteiger partial charge in [0.1, 0.15) is 0 Å². The summed E-state index contributed by atoms with van der Waals surface area (Å²) in [7, 11) is -2.93. The van der Waals surface area contributed by atoms with E-state index in [1.54, 1.807) is 16.4 Å². The number of benzene rings is 2. The molecule has 1 saturated heterocycles. The number of rotatable bonds is 14. The number of hydrogen-bond donors (Lipinski definition) is 6. The van der Waals surface area contributed by atoms with Crippen molar-refractivity contribution in [3.63, 3.8) is 0 Å². The lowest BCUT2D eigenvalue weighted by Crippen LogP contribution is -2.49. The molecule has 0 aliphatic carbocycles. The standard InChI is InChI=1S/C30H48N4O4S/c1-5-31-26-18-25(19-27(20-26)34-15-9-10-16-39(34,37)38)30(36)33-28(17-24-11-7-6-8-12-24)29(35)21-32-23(4)14-13-22(2)3/h6-8,11-12,18-20,22-23,28-29,31-32,35,37-38H,5,9-10,13-17,21H2,1-4H3,(H,33,36). The third-order valence-electron chi connectivity index (χ3n) is 7.16. The lowest BCUT2D eigenvalue weighted by molar-refractivity contribution is 0.0825. The summed E-state index contributed by atoms with van der Waals surface area (Å²) in [6, 6.07) is 15.0. The number of nitrogens with zero attached hydrogens (tertiary/aromatic N) is 1. The summed E-state index contributed by atoms with van der Waals surface area (Å²) in [6.45, 7) is 10.1. The molecule has 0 radical (unpaired) electrons. The minimum absolute atomic E-state index is 0.263. The molecule has 1 amide bonds. The zero-order chi connectivity index (χ0) is 28.4. The van der Waals surface area contributed by atoms with Crippen LogP contribution in [0.1, 0.15) is 69.3 Å². The van der Waals surface area contributed by atoms with E-state index >= 15 is 0 Å². The predicted octanol–water partition coefficient (Wildman–Crippen LogP) is 5.50. The summed E-state index contributed by atoms with van der Waals surface area (Å²) in [5.41, 5.74) is 2.78. The van der Waals surface area contributed by atoms with Gasteiger partial charge in [-0.2, -0.15) is 0 Å². The molecule has 2 aromatic carbocycles. The molecule has 8 nitrogen and oxygen atoms in total. The van der Waals surface area contributed by atoms with Gasteiger partial charge in [0.25, 0.3) is 5.91 Å². The van der Waals surface area contributed by atoms with Crippen LogP contribution in [-0.4, -0.2) is 63.7 Å². The fraction of sp³-hybridized carbons (Fsp3) is 0.567. The molecule has 1 aliphatic rings. The van der Waals surface area contributed by atoms with E-state index in [2.05, 4.69) is 36.7 Å².